The van der Waals surface area contributed by atoms with E-state index in [0.29, 0.717) is 17.2 Å². The number of carbonyl (C=O) groups excluding carboxylic acids is 1. The third-order valence-corrected chi connectivity index (χ3v) is 3.69. The highest BCUT2D eigenvalue weighted by atomic mass is 16.3. The van der Waals surface area contributed by atoms with Crippen molar-refractivity contribution >= 4 is 5.91 Å². The van der Waals surface area contributed by atoms with Gasteiger partial charge in [0.1, 0.15) is 11.5 Å². The molecule has 0 bridgehead atoms. The summed E-state index contributed by atoms with van der Waals surface area (Å²) in [4.78, 5) is 12.1. The third-order valence-electron chi connectivity index (χ3n) is 3.69. The number of nitrogens with one attached hydrogen (secondary N) is 2. The Morgan fingerprint density at radius 1 is 1.56 bits per heavy atom. The number of hydrogen-bond donors (Lipinski definition) is 2. The summed E-state index contributed by atoms with van der Waals surface area (Å²) in [6.07, 6.45) is 2.37. The van der Waals surface area contributed by atoms with Crippen molar-refractivity contribution in [3.63, 3.8) is 0 Å². The molecule has 1 aromatic heterocycles. The van der Waals surface area contributed by atoms with Crippen LogP contribution in [0.3, 0.4) is 0 Å². The van der Waals surface area contributed by atoms with Gasteiger partial charge in [-0.3, -0.25) is 4.79 Å². The molecule has 0 saturated carbocycles. The van der Waals surface area contributed by atoms with E-state index in [4.69, 9.17) is 4.42 Å². The molecular weight excluding hydrogens is 228 g/mol. The number of carbonyl (C=O) groups is 1. The highest BCUT2D eigenvalue weighted by molar-refractivity contribution is 5.95. The van der Waals surface area contributed by atoms with Gasteiger partial charge in [0.05, 0.1) is 5.56 Å². The van der Waals surface area contributed by atoms with Crippen LogP contribution in [0.15, 0.2) is 10.5 Å². The standard InChI is InChI=1S/C14H22N2O2/c1-9-7-13(11(3)18-9)14(17)16-10(2)12-5-4-6-15-8-12/h7,10,12,15H,4-6,8H2,1-3H3,(H,16,17). The summed E-state index contributed by atoms with van der Waals surface area (Å²) in [5, 5.41) is 6.46. The third kappa shape index (κ3) is 2.93. The first kappa shape index (κ1) is 13.1. The molecule has 0 radical (unpaired) electrons. The number of piperidine rings is 1. The first-order valence-electron chi connectivity index (χ1n) is 6.66. The fraction of sp³-hybridized carbons (Fsp3) is 0.643. The van der Waals surface area contributed by atoms with Crippen LogP contribution in [0.25, 0.3) is 0 Å². The topological polar surface area (TPSA) is 54.3 Å². The van der Waals surface area contributed by atoms with Crippen LogP contribution in [0.5, 0.6) is 0 Å². The van der Waals surface area contributed by atoms with Gasteiger partial charge in [0.25, 0.3) is 5.91 Å². The monoisotopic (exact) mass is 250 g/mol. The smallest absolute Gasteiger partial charge is 0.255 e. The van der Waals surface area contributed by atoms with Gasteiger partial charge >= 0.3 is 0 Å². The average Bonchev–Trinajstić information content (AvgIpc) is 2.69. The molecule has 0 spiro atoms. The lowest BCUT2D eigenvalue weighted by Crippen LogP contribution is -2.44. The number of hydrogen-bond acceptors (Lipinski definition) is 3. The van der Waals surface area contributed by atoms with Gasteiger partial charge in [-0.2, -0.15) is 0 Å². The quantitative estimate of drug-likeness (QED) is 0.863. The Hall–Kier alpha value is -1.29. The Morgan fingerprint density at radius 3 is 2.89 bits per heavy atom. The van der Waals surface area contributed by atoms with E-state index >= 15 is 0 Å². The zero-order valence-electron chi connectivity index (χ0n) is 11.4. The molecule has 18 heavy (non-hydrogen) atoms. The van der Waals surface area contributed by atoms with Gasteiger partial charge in [-0.15, -0.1) is 0 Å². The average molecular weight is 250 g/mol. The molecule has 100 valence electrons. The second kappa shape index (κ2) is 5.57. The molecule has 0 aliphatic carbocycles. The molecule has 1 aromatic rings. The molecule has 1 saturated heterocycles. The molecule has 1 aliphatic rings. The lowest BCUT2D eigenvalue weighted by Gasteiger charge is -2.28. The Kier molecular flexibility index (Phi) is 4.07. The summed E-state index contributed by atoms with van der Waals surface area (Å²) >= 11 is 0. The summed E-state index contributed by atoms with van der Waals surface area (Å²) in [7, 11) is 0. The maximum atomic E-state index is 12.1. The van der Waals surface area contributed by atoms with Crippen LogP contribution in [-0.2, 0) is 0 Å². The van der Waals surface area contributed by atoms with E-state index < -0.39 is 0 Å². The number of rotatable bonds is 3. The largest absolute Gasteiger partial charge is 0.466 e. The van der Waals surface area contributed by atoms with Crippen molar-refractivity contribution in [2.24, 2.45) is 5.92 Å². The van der Waals surface area contributed by atoms with E-state index in [9.17, 15) is 4.79 Å². The molecule has 4 nitrogen and oxygen atoms in total. The van der Waals surface area contributed by atoms with Crippen molar-refractivity contribution in [3.8, 4) is 0 Å². The summed E-state index contributed by atoms with van der Waals surface area (Å²) in [6.45, 7) is 7.85. The normalized spacial score (nSPS) is 21.6. The highest BCUT2D eigenvalue weighted by Crippen LogP contribution is 2.17. The molecule has 1 aliphatic heterocycles. The summed E-state index contributed by atoms with van der Waals surface area (Å²) in [6, 6.07) is 2.00. The van der Waals surface area contributed by atoms with Crippen molar-refractivity contribution in [1.82, 2.24) is 10.6 Å². The van der Waals surface area contributed by atoms with Crippen LogP contribution in [0.4, 0.5) is 0 Å². The predicted molar refractivity (Wildman–Crippen MR) is 70.7 cm³/mol. The summed E-state index contributed by atoms with van der Waals surface area (Å²) in [5.41, 5.74) is 0.656. The Balaban J connectivity index is 1.96. The second-order valence-electron chi connectivity index (χ2n) is 5.20. The molecule has 0 aromatic carbocycles. The summed E-state index contributed by atoms with van der Waals surface area (Å²) < 4.78 is 5.39. The van der Waals surface area contributed by atoms with E-state index in [1.54, 1.807) is 6.07 Å². The number of amides is 1. The zero-order chi connectivity index (χ0) is 13.1. The SMILES string of the molecule is Cc1cc(C(=O)NC(C)C2CCCNC2)c(C)o1. The van der Waals surface area contributed by atoms with Crippen molar-refractivity contribution < 1.29 is 9.21 Å². The maximum Gasteiger partial charge on any atom is 0.255 e. The van der Waals surface area contributed by atoms with Crippen LogP contribution in [0.2, 0.25) is 0 Å². The summed E-state index contributed by atoms with van der Waals surface area (Å²) in [5.74, 6) is 1.97. The van der Waals surface area contributed by atoms with Crippen molar-refractivity contribution in [2.75, 3.05) is 13.1 Å². The minimum absolute atomic E-state index is 0.0255. The van der Waals surface area contributed by atoms with Crippen molar-refractivity contribution in [3.05, 3.63) is 23.2 Å². The van der Waals surface area contributed by atoms with E-state index in [-0.39, 0.29) is 11.9 Å². The predicted octanol–water partition coefficient (Wildman–Crippen LogP) is 2.01. The lowest BCUT2D eigenvalue weighted by atomic mass is 9.92. The minimum atomic E-state index is -0.0255. The van der Waals surface area contributed by atoms with Gasteiger partial charge in [0.15, 0.2) is 0 Å². The van der Waals surface area contributed by atoms with Crippen molar-refractivity contribution in [1.29, 1.82) is 0 Å². The molecule has 1 fully saturated rings. The molecule has 2 N–H and O–H groups in total. The number of aryl methyl sites for hydroxylation is 2. The van der Waals surface area contributed by atoms with Crippen LogP contribution in [0.1, 0.15) is 41.6 Å². The Bertz CT molecular complexity index is 419. The van der Waals surface area contributed by atoms with Crippen LogP contribution < -0.4 is 10.6 Å². The van der Waals surface area contributed by atoms with Gasteiger partial charge < -0.3 is 15.1 Å². The first-order valence-corrected chi connectivity index (χ1v) is 6.66. The molecule has 2 rings (SSSR count). The fourth-order valence-corrected chi connectivity index (χ4v) is 2.56. The van der Waals surface area contributed by atoms with E-state index in [2.05, 4.69) is 17.6 Å². The minimum Gasteiger partial charge on any atom is -0.466 e. The highest BCUT2D eigenvalue weighted by Gasteiger charge is 2.23. The number of furan rings is 1. The molecule has 2 heterocycles. The fourth-order valence-electron chi connectivity index (χ4n) is 2.56. The van der Waals surface area contributed by atoms with Crippen LogP contribution in [-0.4, -0.2) is 25.0 Å². The Morgan fingerprint density at radius 2 is 2.33 bits per heavy atom. The van der Waals surface area contributed by atoms with E-state index in [1.807, 2.05) is 13.8 Å². The van der Waals surface area contributed by atoms with Gasteiger partial charge in [0.2, 0.25) is 0 Å². The van der Waals surface area contributed by atoms with E-state index in [1.165, 1.54) is 12.8 Å². The van der Waals surface area contributed by atoms with Gasteiger partial charge in [-0.25, -0.2) is 0 Å². The molecule has 2 atom stereocenters. The molecule has 4 heteroatoms. The van der Waals surface area contributed by atoms with Gasteiger partial charge in [0, 0.05) is 6.04 Å². The molecule has 2 unspecified atom stereocenters. The lowest BCUT2D eigenvalue weighted by molar-refractivity contribution is 0.0920. The molecule has 1 amide bonds. The van der Waals surface area contributed by atoms with Gasteiger partial charge in [-0.05, 0) is 58.7 Å². The second-order valence-corrected chi connectivity index (χ2v) is 5.20. The van der Waals surface area contributed by atoms with Gasteiger partial charge in [-0.1, -0.05) is 0 Å². The maximum absolute atomic E-state index is 12.1. The van der Waals surface area contributed by atoms with Crippen molar-refractivity contribution in [2.45, 2.75) is 39.7 Å². The van der Waals surface area contributed by atoms with E-state index in [0.717, 1.165) is 18.8 Å². The Labute approximate surface area is 108 Å². The van der Waals surface area contributed by atoms with Crippen LogP contribution in [0, 0.1) is 19.8 Å². The first-order chi connectivity index (χ1) is 8.58. The van der Waals surface area contributed by atoms with Crippen LogP contribution >= 0.6 is 0 Å². The molecular formula is C14H22N2O2. The zero-order valence-corrected chi connectivity index (χ0v) is 11.4.